The van der Waals surface area contributed by atoms with Crippen LogP contribution in [0.1, 0.15) is 0 Å². The zero-order valence-electron chi connectivity index (χ0n) is 1.82. The Morgan fingerprint density at radius 2 is 1.00 bits per heavy atom. The maximum absolute atomic E-state index is 0. The standard InChI is InChI=1S/Fe.Ni.H3P.V/h;;1H3;. The van der Waals surface area contributed by atoms with Crippen LogP contribution in [0.25, 0.3) is 0 Å². The Bertz CT molecular complexity index is 8.00. The molecule has 0 bridgehead atoms. The second-order valence-electron chi connectivity index (χ2n) is 0. The molecule has 4 heteroatoms. The van der Waals surface area contributed by atoms with Gasteiger partial charge in [-0.3, -0.25) is 0 Å². The molecule has 1 atom stereocenters. The SMILES string of the molecule is P.[Fe].[Ni].[V]. The molecule has 0 saturated heterocycles. The van der Waals surface area contributed by atoms with Crippen molar-refractivity contribution in [2.75, 3.05) is 0 Å². The smallest absolute Gasteiger partial charge is 0 e. The molecule has 1 radical (unpaired) electrons. The van der Waals surface area contributed by atoms with E-state index in [1.807, 2.05) is 0 Å². The quantitative estimate of drug-likeness (QED) is 0.382. The van der Waals surface area contributed by atoms with Crippen molar-refractivity contribution in [3.8, 4) is 0 Å². The van der Waals surface area contributed by atoms with Crippen molar-refractivity contribution in [2.24, 2.45) is 0 Å². The monoisotopic (exact) mass is 199 g/mol. The third kappa shape index (κ3) is 8.98. The first kappa shape index (κ1) is 37.1. The van der Waals surface area contributed by atoms with Gasteiger partial charge >= 0.3 is 0 Å². The first-order valence-electron chi connectivity index (χ1n) is 0. The normalized spacial score (nSPS) is 0. The van der Waals surface area contributed by atoms with Crippen LogP contribution in [0.15, 0.2) is 0 Å². The largest absolute Gasteiger partial charge is 0.153 e. The fourth-order valence-corrected chi connectivity index (χ4v) is 0. The van der Waals surface area contributed by atoms with E-state index in [1.165, 1.54) is 0 Å². The van der Waals surface area contributed by atoms with Gasteiger partial charge in [-0.15, -0.1) is 0 Å². The van der Waals surface area contributed by atoms with Crippen LogP contribution in [0.4, 0.5) is 0 Å². The molecule has 0 rings (SSSR count). The van der Waals surface area contributed by atoms with Crippen LogP contribution in [0, 0.1) is 0 Å². The fraction of sp³-hybridized carbons (Fsp3) is 0. The van der Waals surface area contributed by atoms with E-state index in [0.717, 1.165) is 0 Å². The van der Waals surface area contributed by atoms with Crippen molar-refractivity contribution >= 4 is 9.90 Å². The van der Waals surface area contributed by atoms with E-state index in [2.05, 4.69) is 0 Å². The molecular weight excluding hydrogens is 196 g/mol. The van der Waals surface area contributed by atoms with Crippen molar-refractivity contribution in [2.45, 2.75) is 0 Å². The number of hydrogen-bond donors (Lipinski definition) is 0. The second kappa shape index (κ2) is 19.8. The molecule has 0 saturated carbocycles. The van der Waals surface area contributed by atoms with Gasteiger partial charge in [0.2, 0.25) is 0 Å². The Labute approximate surface area is 61.8 Å². The summed E-state index contributed by atoms with van der Waals surface area (Å²) in [5.41, 5.74) is 0. The molecule has 0 aromatic heterocycles. The minimum Gasteiger partial charge on any atom is -0.153 e. The van der Waals surface area contributed by atoms with E-state index in [1.54, 1.807) is 0 Å². The summed E-state index contributed by atoms with van der Waals surface area (Å²) in [5, 5.41) is 0. The topological polar surface area (TPSA) is 0 Å². The van der Waals surface area contributed by atoms with Crippen molar-refractivity contribution < 1.29 is 52.1 Å². The summed E-state index contributed by atoms with van der Waals surface area (Å²) in [6, 6.07) is 0. The molecule has 31 valence electrons. The molecule has 4 heavy (non-hydrogen) atoms. The molecule has 0 nitrogen and oxygen atoms in total. The molecule has 0 aliphatic heterocycles. The Hall–Kier alpha value is 2.03. The molecule has 0 aliphatic rings. The minimum absolute atomic E-state index is 0. The molecule has 0 N–H and O–H groups in total. The van der Waals surface area contributed by atoms with Gasteiger partial charge in [-0.25, -0.2) is 0 Å². The zero-order chi connectivity index (χ0) is 0. The van der Waals surface area contributed by atoms with Gasteiger partial charge in [0.1, 0.15) is 0 Å². The van der Waals surface area contributed by atoms with Crippen LogP contribution < -0.4 is 0 Å². The maximum Gasteiger partial charge on any atom is 0 e. The summed E-state index contributed by atoms with van der Waals surface area (Å²) in [5.74, 6) is 0. The minimum atomic E-state index is 0. The Balaban J connectivity index is 0. The van der Waals surface area contributed by atoms with E-state index in [4.69, 9.17) is 0 Å². The van der Waals surface area contributed by atoms with Gasteiger partial charge in [0.15, 0.2) is 0 Å². The van der Waals surface area contributed by atoms with Gasteiger partial charge in [-0.1, -0.05) is 0 Å². The molecule has 0 heterocycles. The summed E-state index contributed by atoms with van der Waals surface area (Å²) >= 11 is 0. The van der Waals surface area contributed by atoms with E-state index < -0.39 is 0 Å². The summed E-state index contributed by atoms with van der Waals surface area (Å²) in [7, 11) is 0. The van der Waals surface area contributed by atoms with Gasteiger partial charge in [-0.2, -0.15) is 9.90 Å². The van der Waals surface area contributed by atoms with Crippen LogP contribution in [0.3, 0.4) is 0 Å². The molecule has 0 amide bonds. The number of rotatable bonds is 0. The summed E-state index contributed by atoms with van der Waals surface area (Å²) in [6.07, 6.45) is 0. The van der Waals surface area contributed by atoms with Gasteiger partial charge in [0.25, 0.3) is 0 Å². The van der Waals surface area contributed by atoms with Gasteiger partial charge < -0.3 is 0 Å². The third-order valence-electron chi connectivity index (χ3n) is 0. The summed E-state index contributed by atoms with van der Waals surface area (Å²) < 4.78 is 0. The molecule has 0 aliphatic carbocycles. The van der Waals surface area contributed by atoms with Crippen LogP contribution in [-0.2, 0) is 52.1 Å². The Morgan fingerprint density at radius 1 is 1.00 bits per heavy atom. The first-order chi connectivity index (χ1) is 0. The average Bonchev–Trinajstić information content (AvgIpc) is 0. The van der Waals surface area contributed by atoms with Gasteiger partial charge in [-0.05, 0) is 0 Å². The number of hydrogen-bond acceptors (Lipinski definition) is 0. The molecule has 0 spiro atoms. The van der Waals surface area contributed by atoms with Gasteiger partial charge in [0.05, 0.1) is 0 Å². The van der Waals surface area contributed by atoms with E-state index in [9.17, 15) is 0 Å². The van der Waals surface area contributed by atoms with E-state index >= 15 is 0 Å². The Kier molecular flexibility index (Phi) is 184. The summed E-state index contributed by atoms with van der Waals surface area (Å²) in [4.78, 5) is 0. The maximum atomic E-state index is 0. The zero-order valence-corrected chi connectivity index (χ0v) is 6.73. The summed E-state index contributed by atoms with van der Waals surface area (Å²) in [6.45, 7) is 0. The van der Waals surface area contributed by atoms with Crippen LogP contribution in [-0.4, -0.2) is 0 Å². The molecule has 0 aromatic rings. The van der Waals surface area contributed by atoms with Crippen LogP contribution >= 0.6 is 9.90 Å². The van der Waals surface area contributed by atoms with E-state index in [-0.39, 0.29) is 62.0 Å². The molecule has 0 fully saturated rings. The predicted molar refractivity (Wildman–Crippen MR) is 11.1 cm³/mol. The Morgan fingerprint density at radius 3 is 1.00 bits per heavy atom. The van der Waals surface area contributed by atoms with Crippen molar-refractivity contribution in [3.63, 3.8) is 0 Å². The van der Waals surface area contributed by atoms with Crippen molar-refractivity contribution in [1.29, 1.82) is 0 Å². The van der Waals surface area contributed by atoms with Gasteiger partial charge in [0, 0.05) is 52.1 Å². The average molecular weight is 199 g/mol. The van der Waals surface area contributed by atoms with E-state index in [0.29, 0.717) is 0 Å². The predicted octanol–water partition coefficient (Wildman–Crippen LogP) is 0.0506. The van der Waals surface area contributed by atoms with Crippen LogP contribution in [0.2, 0.25) is 0 Å². The second-order valence-corrected chi connectivity index (χ2v) is 0. The fourth-order valence-electron chi connectivity index (χ4n) is 0. The molecule has 1 unspecified atom stereocenters. The molecule has 0 aromatic carbocycles. The van der Waals surface area contributed by atoms with Crippen LogP contribution in [0.5, 0.6) is 0 Å². The third-order valence-corrected chi connectivity index (χ3v) is 0. The molecular formula is H3FeNiPV. The first-order valence-corrected chi connectivity index (χ1v) is 0. The van der Waals surface area contributed by atoms with Crippen molar-refractivity contribution in [3.05, 3.63) is 0 Å². The van der Waals surface area contributed by atoms with Crippen molar-refractivity contribution in [1.82, 2.24) is 0 Å².